The van der Waals surface area contributed by atoms with Gasteiger partial charge < -0.3 is 19.3 Å². The molecule has 1 N–H and O–H groups in total. The van der Waals surface area contributed by atoms with E-state index in [9.17, 15) is 5.11 Å². The standard InChI is InChI=1S/C23H27FN6O2/c1-23-10-14(20(11-23)32-3)8-18(21(23)24)29(2)22-26-12-17(27-28-22)16-5-4-15(9-19(16)31)30-7-6-25-13-30/h4-7,9,12-14,18,20-21,31H,8,10-11H2,1-3H3/t14?,18-,20-,21+,23+/m1/s1. The van der Waals surface area contributed by atoms with Gasteiger partial charge in [-0.05, 0) is 37.3 Å². The summed E-state index contributed by atoms with van der Waals surface area (Å²) in [6.07, 6.45) is 8.10. The number of ether oxygens (including phenoxy) is 1. The fourth-order valence-corrected chi connectivity index (χ4v) is 5.44. The predicted octanol–water partition coefficient (Wildman–Crippen LogP) is 3.41. The molecule has 2 fully saturated rings. The van der Waals surface area contributed by atoms with Crippen LogP contribution < -0.4 is 4.90 Å². The number of alkyl halides is 1. The third-order valence-electron chi connectivity index (χ3n) is 7.19. The molecule has 5 atom stereocenters. The molecule has 1 aromatic carbocycles. The maximum atomic E-state index is 15.5. The zero-order valence-corrected chi connectivity index (χ0v) is 18.4. The molecule has 2 aliphatic carbocycles. The third-order valence-corrected chi connectivity index (χ3v) is 7.19. The predicted molar refractivity (Wildman–Crippen MR) is 117 cm³/mol. The molecular formula is C23H27FN6O2. The van der Waals surface area contributed by atoms with Crippen molar-refractivity contribution < 1.29 is 14.2 Å². The number of aromatic nitrogens is 5. The Bertz CT molecular complexity index is 1090. The molecule has 2 heterocycles. The van der Waals surface area contributed by atoms with Gasteiger partial charge in [0.15, 0.2) is 0 Å². The number of hydrogen-bond acceptors (Lipinski definition) is 7. The lowest BCUT2D eigenvalue weighted by Gasteiger charge is -2.42. The SMILES string of the molecule is CO[C@@H]1C[C@]2(C)CC1C[C@@H](N(C)c1ncc(-c3ccc(-n4ccnc4)cc3O)nn1)[C@@H]2F. The third kappa shape index (κ3) is 3.40. The monoisotopic (exact) mass is 438 g/mol. The minimum atomic E-state index is -0.994. The number of benzene rings is 1. The average Bonchev–Trinajstić information content (AvgIpc) is 3.43. The summed E-state index contributed by atoms with van der Waals surface area (Å²) >= 11 is 0. The Morgan fingerprint density at radius 1 is 1.28 bits per heavy atom. The number of phenols is 1. The van der Waals surface area contributed by atoms with E-state index in [2.05, 4.69) is 20.2 Å². The summed E-state index contributed by atoms with van der Waals surface area (Å²) in [6.45, 7) is 2.02. The Kier molecular flexibility index (Phi) is 5.08. The minimum absolute atomic E-state index is 0.0691. The first-order valence-corrected chi connectivity index (χ1v) is 10.8. The van der Waals surface area contributed by atoms with E-state index in [1.165, 1.54) is 0 Å². The van der Waals surface area contributed by atoms with Crippen molar-refractivity contribution in [2.24, 2.45) is 11.3 Å². The first-order chi connectivity index (χ1) is 15.4. The smallest absolute Gasteiger partial charge is 0.245 e. The zero-order chi connectivity index (χ0) is 22.5. The first-order valence-electron chi connectivity index (χ1n) is 10.8. The van der Waals surface area contributed by atoms with Gasteiger partial charge >= 0.3 is 0 Å². The lowest BCUT2D eigenvalue weighted by molar-refractivity contribution is 0.0612. The second-order valence-electron chi connectivity index (χ2n) is 9.23. The van der Waals surface area contributed by atoms with Crippen LogP contribution in [0.15, 0.2) is 43.1 Å². The number of nitrogens with zero attached hydrogens (tertiary/aromatic N) is 6. The maximum Gasteiger partial charge on any atom is 0.245 e. The van der Waals surface area contributed by atoms with Crippen molar-refractivity contribution in [3.05, 3.63) is 43.1 Å². The lowest BCUT2D eigenvalue weighted by atomic mass is 9.73. The van der Waals surface area contributed by atoms with Crippen LogP contribution in [0, 0.1) is 11.3 Å². The Hall–Kier alpha value is -3.07. The normalized spacial score (nSPS) is 29.2. The summed E-state index contributed by atoms with van der Waals surface area (Å²) in [6, 6.07) is 4.94. The van der Waals surface area contributed by atoms with Gasteiger partial charge in [0.25, 0.3) is 0 Å². The number of hydrogen-bond donors (Lipinski definition) is 1. The van der Waals surface area contributed by atoms with Gasteiger partial charge in [0.1, 0.15) is 17.6 Å². The van der Waals surface area contributed by atoms with Crippen LogP contribution >= 0.6 is 0 Å². The van der Waals surface area contributed by atoms with Crippen LogP contribution in [0.25, 0.3) is 16.9 Å². The van der Waals surface area contributed by atoms with Crippen molar-refractivity contribution in [1.29, 1.82) is 0 Å². The molecule has 168 valence electrons. The van der Waals surface area contributed by atoms with E-state index >= 15 is 4.39 Å². The Balaban J connectivity index is 1.36. The highest BCUT2D eigenvalue weighted by molar-refractivity contribution is 5.68. The van der Waals surface area contributed by atoms with Gasteiger partial charge in [-0.2, -0.15) is 0 Å². The number of imidazole rings is 1. The minimum Gasteiger partial charge on any atom is -0.507 e. The fourth-order valence-electron chi connectivity index (χ4n) is 5.44. The van der Waals surface area contributed by atoms with Gasteiger partial charge in [-0.25, -0.2) is 14.4 Å². The number of fused-ring (bicyclic) bond motifs is 2. The van der Waals surface area contributed by atoms with E-state index in [0.717, 1.165) is 18.5 Å². The average molecular weight is 439 g/mol. The van der Waals surface area contributed by atoms with Gasteiger partial charge in [0.2, 0.25) is 5.95 Å². The molecule has 0 radical (unpaired) electrons. The fraction of sp³-hybridized carbons (Fsp3) is 0.478. The second-order valence-corrected chi connectivity index (χ2v) is 9.23. The van der Waals surface area contributed by atoms with Crippen LogP contribution in [0.5, 0.6) is 5.75 Å². The Labute approximate surface area is 186 Å². The molecule has 9 heteroatoms. The van der Waals surface area contributed by atoms with E-state index in [4.69, 9.17) is 4.74 Å². The molecule has 2 saturated carbocycles. The molecule has 0 aliphatic heterocycles. The topological polar surface area (TPSA) is 89.2 Å². The molecule has 5 rings (SSSR count). The highest BCUT2D eigenvalue weighted by Gasteiger charge is 2.56. The lowest BCUT2D eigenvalue weighted by Crippen LogP contribution is -2.50. The van der Waals surface area contributed by atoms with Crippen LogP contribution in [0.4, 0.5) is 10.3 Å². The van der Waals surface area contributed by atoms with Crippen LogP contribution in [0.3, 0.4) is 0 Å². The van der Waals surface area contributed by atoms with Crippen LogP contribution in [0.1, 0.15) is 26.2 Å². The summed E-state index contributed by atoms with van der Waals surface area (Å²) in [5, 5.41) is 19.0. The van der Waals surface area contributed by atoms with Crippen molar-refractivity contribution in [2.45, 2.75) is 44.5 Å². The molecule has 2 aromatic heterocycles. The quantitative estimate of drug-likeness (QED) is 0.653. The van der Waals surface area contributed by atoms with Crippen LogP contribution in [-0.2, 0) is 4.74 Å². The number of anilines is 1. The van der Waals surface area contributed by atoms with Gasteiger partial charge in [-0.15, -0.1) is 10.2 Å². The molecule has 3 aromatic rings. The van der Waals surface area contributed by atoms with Crippen molar-refractivity contribution in [1.82, 2.24) is 24.7 Å². The highest BCUT2D eigenvalue weighted by Crippen LogP contribution is 2.54. The second kappa shape index (κ2) is 7.81. The van der Waals surface area contributed by atoms with Crippen molar-refractivity contribution in [3.8, 4) is 22.7 Å². The van der Waals surface area contributed by atoms with E-state index in [0.29, 0.717) is 29.5 Å². The molecule has 8 nitrogen and oxygen atoms in total. The molecule has 2 aliphatic rings. The van der Waals surface area contributed by atoms with E-state index in [1.807, 2.05) is 20.0 Å². The van der Waals surface area contributed by atoms with Crippen molar-refractivity contribution in [2.75, 3.05) is 19.1 Å². The molecule has 0 amide bonds. The van der Waals surface area contributed by atoms with Crippen LogP contribution in [-0.4, -0.2) is 62.3 Å². The summed E-state index contributed by atoms with van der Waals surface area (Å²) in [5.74, 6) is 0.775. The summed E-state index contributed by atoms with van der Waals surface area (Å²) in [7, 11) is 3.53. The van der Waals surface area contributed by atoms with Crippen molar-refractivity contribution in [3.63, 3.8) is 0 Å². The van der Waals surface area contributed by atoms with E-state index < -0.39 is 11.6 Å². The molecular weight excluding hydrogens is 411 g/mol. The number of aromatic hydroxyl groups is 1. The van der Waals surface area contributed by atoms with Crippen LogP contribution in [0.2, 0.25) is 0 Å². The number of halogens is 1. The molecule has 0 spiro atoms. The van der Waals surface area contributed by atoms with Gasteiger partial charge in [0, 0.05) is 43.6 Å². The number of methoxy groups -OCH3 is 1. The zero-order valence-electron chi connectivity index (χ0n) is 18.4. The maximum absolute atomic E-state index is 15.5. The molecule has 0 saturated heterocycles. The largest absolute Gasteiger partial charge is 0.507 e. The first kappa shape index (κ1) is 20.8. The summed E-state index contributed by atoms with van der Waals surface area (Å²) in [5.41, 5.74) is 1.37. The molecule has 2 bridgehead atoms. The Morgan fingerprint density at radius 2 is 2.12 bits per heavy atom. The molecule has 32 heavy (non-hydrogen) atoms. The Morgan fingerprint density at radius 3 is 2.78 bits per heavy atom. The van der Waals surface area contributed by atoms with Gasteiger partial charge in [0.05, 0.1) is 30.4 Å². The summed E-state index contributed by atoms with van der Waals surface area (Å²) in [4.78, 5) is 10.3. The van der Waals surface area contributed by atoms with E-state index in [1.54, 1.807) is 53.6 Å². The van der Waals surface area contributed by atoms with Gasteiger partial charge in [-0.3, -0.25) is 0 Å². The molecule has 1 unspecified atom stereocenters. The van der Waals surface area contributed by atoms with Gasteiger partial charge in [-0.1, -0.05) is 6.92 Å². The highest BCUT2D eigenvalue weighted by atomic mass is 19.1. The van der Waals surface area contributed by atoms with E-state index in [-0.39, 0.29) is 17.9 Å². The number of rotatable bonds is 5. The number of phenolic OH excluding ortho intramolecular Hbond substituents is 1. The van der Waals surface area contributed by atoms with Crippen molar-refractivity contribution >= 4 is 5.95 Å². The summed E-state index contributed by atoms with van der Waals surface area (Å²) < 4.78 is 22.9.